The van der Waals surface area contributed by atoms with Gasteiger partial charge >= 0.3 is 0 Å². The Morgan fingerprint density at radius 3 is 2.72 bits per heavy atom. The number of aliphatic hydroxyl groups is 1. The molecule has 1 unspecified atom stereocenters. The number of hydrogen-bond acceptors (Lipinski definition) is 6. The fourth-order valence-corrected chi connectivity index (χ4v) is 3.42. The van der Waals surface area contributed by atoms with Gasteiger partial charge in [-0.25, -0.2) is 13.8 Å². The molecule has 2 amide bonds. The van der Waals surface area contributed by atoms with Crippen molar-refractivity contribution in [3.63, 3.8) is 0 Å². The number of halogens is 2. The van der Waals surface area contributed by atoms with E-state index in [0.29, 0.717) is 22.3 Å². The minimum absolute atomic E-state index is 0.0379. The highest BCUT2D eigenvalue weighted by Gasteiger charge is 2.35. The Hall–Kier alpha value is -3.14. The standard InChI is InChI=1S/C22H26F2N4O4/c1-12-7-14(8-26-20(12)32-10-17(23)24)13(2)28-9-16-15(21(28)30)5-6-25-18(16)19(29)27-11-22(3,4)31/h5-8,13,17,31H,9-11H2,1-4H3,(H,27,29). The number of ether oxygens (including phenoxy) is 1. The molecule has 2 aromatic rings. The maximum atomic E-state index is 13.0. The van der Waals surface area contributed by atoms with E-state index in [4.69, 9.17) is 4.74 Å². The van der Waals surface area contributed by atoms with Crippen molar-refractivity contribution in [2.75, 3.05) is 13.2 Å². The molecule has 0 spiro atoms. The highest BCUT2D eigenvalue weighted by molar-refractivity contribution is 6.03. The molecule has 0 fully saturated rings. The van der Waals surface area contributed by atoms with Gasteiger partial charge in [0.05, 0.1) is 11.6 Å². The Morgan fingerprint density at radius 1 is 1.38 bits per heavy atom. The summed E-state index contributed by atoms with van der Waals surface area (Å²) in [6.07, 6.45) is 0.299. The molecule has 3 heterocycles. The minimum atomic E-state index is -2.60. The number of aryl methyl sites for hydroxylation is 1. The SMILES string of the molecule is Cc1cc(C(C)N2Cc3c(ccnc3C(=O)NCC(C)(C)O)C2=O)cnc1OCC(F)F. The average Bonchev–Trinajstić information content (AvgIpc) is 3.06. The number of alkyl halides is 2. The summed E-state index contributed by atoms with van der Waals surface area (Å²) < 4.78 is 29.8. The highest BCUT2D eigenvalue weighted by atomic mass is 19.3. The molecule has 172 valence electrons. The van der Waals surface area contributed by atoms with Crippen LogP contribution < -0.4 is 10.1 Å². The predicted octanol–water partition coefficient (Wildman–Crippen LogP) is 2.65. The van der Waals surface area contributed by atoms with Crippen molar-refractivity contribution in [1.29, 1.82) is 0 Å². The highest BCUT2D eigenvalue weighted by Crippen LogP contribution is 2.33. The summed E-state index contributed by atoms with van der Waals surface area (Å²) in [7, 11) is 0. The van der Waals surface area contributed by atoms with Gasteiger partial charge in [-0.15, -0.1) is 0 Å². The van der Waals surface area contributed by atoms with E-state index in [1.54, 1.807) is 37.8 Å². The lowest BCUT2D eigenvalue weighted by molar-refractivity contribution is 0.0689. The zero-order chi connectivity index (χ0) is 23.6. The van der Waals surface area contributed by atoms with Crippen LogP contribution in [0.25, 0.3) is 0 Å². The molecule has 0 saturated carbocycles. The first-order chi connectivity index (χ1) is 15.0. The third kappa shape index (κ3) is 5.18. The van der Waals surface area contributed by atoms with E-state index in [1.807, 2.05) is 6.92 Å². The average molecular weight is 448 g/mol. The zero-order valence-electron chi connectivity index (χ0n) is 18.4. The predicted molar refractivity (Wildman–Crippen MR) is 112 cm³/mol. The van der Waals surface area contributed by atoms with E-state index in [1.165, 1.54) is 12.4 Å². The topological polar surface area (TPSA) is 105 Å². The van der Waals surface area contributed by atoms with Crippen molar-refractivity contribution < 1.29 is 28.2 Å². The number of pyridine rings is 2. The quantitative estimate of drug-likeness (QED) is 0.643. The van der Waals surface area contributed by atoms with Crippen LogP contribution in [0.5, 0.6) is 5.88 Å². The normalized spacial score (nSPS) is 14.5. The van der Waals surface area contributed by atoms with Crippen LogP contribution in [0.1, 0.15) is 64.3 Å². The van der Waals surface area contributed by atoms with Crippen molar-refractivity contribution in [3.8, 4) is 5.88 Å². The summed E-state index contributed by atoms with van der Waals surface area (Å²) in [4.78, 5) is 35.5. The molecule has 0 saturated heterocycles. The molecule has 3 rings (SSSR count). The van der Waals surface area contributed by atoms with E-state index >= 15 is 0 Å². The number of hydrogen-bond donors (Lipinski definition) is 2. The summed E-state index contributed by atoms with van der Waals surface area (Å²) in [5, 5.41) is 12.5. The van der Waals surface area contributed by atoms with Gasteiger partial charge in [0.1, 0.15) is 5.69 Å². The molecule has 1 aliphatic rings. The van der Waals surface area contributed by atoms with Crippen LogP contribution in [0.15, 0.2) is 24.5 Å². The summed E-state index contributed by atoms with van der Waals surface area (Å²) >= 11 is 0. The van der Waals surface area contributed by atoms with Crippen molar-refractivity contribution >= 4 is 11.8 Å². The Balaban J connectivity index is 1.79. The monoisotopic (exact) mass is 448 g/mol. The molecule has 0 bridgehead atoms. The Bertz CT molecular complexity index is 1020. The number of rotatable bonds is 8. The van der Waals surface area contributed by atoms with Gasteiger partial charge in [-0.3, -0.25) is 14.6 Å². The van der Waals surface area contributed by atoms with Gasteiger partial charge in [0.15, 0.2) is 6.61 Å². The first kappa shape index (κ1) is 23.5. The van der Waals surface area contributed by atoms with Gasteiger partial charge in [0.2, 0.25) is 5.88 Å². The molecule has 2 N–H and O–H groups in total. The number of carbonyl (C=O) groups excluding carboxylic acids is 2. The second-order valence-corrected chi connectivity index (χ2v) is 8.38. The molecule has 0 radical (unpaired) electrons. The van der Waals surface area contributed by atoms with Gasteiger partial charge < -0.3 is 20.1 Å². The van der Waals surface area contributed by atoms with Crippen LogP contribution in [0, 0.1) is 6.92 Å². The molecule has 32 heavy (non-hydrogen) atoms. The number of aromatic nitrogens is 2. The summed E-state index contributed by atoms with van der Waals surface area (Å²) in [6, 6.07) is 2.92. The molecule has 10 heteroatoms. The molecular formula is C22H26F2N4O4. The van der Waals surface area contributed by atoms with Crippen LogP contribution in [0.2, 0.25) is 0 Å². The third-order valence-corrected chi connectivity index (χ3v) is 5.12. The van der Waals surface area contributed by atoms with Gasteiger partial charge in [-0.05, 0) is 45.4 Å². The molecule has 1 atom stereocenters. The summed E-state index contributed by atoms with van der Waals surface area (Å²) in [6.45, 7) is 6.13. The van der Waals surface area contributed by atoms with E-state index in [9.17, 15) is 23.5 Å². The smallest absolute Gasteiger partial charge is 0.272 e. The second-order valence-electron chi connectivity index (χ2n) is 8.38. The Labute approximate surface area is 184 Å². The summed E-state index contributed by atoms with van der Waals surface area (Å²) in [5.74, 6) is -0.598. The lowest BCUT2D eigenvalue weighted by Crippen LogP contribution is -2.38. The second kappa shape index (κ2) is 9.15. The first-order valence-electron chi connectivity index (χ1n) is 10.1. The molecule has 8 nitrogen and oxygen atoms in total. The first-order valence-corrected chi connectivity index (χ1v) is 10.1. The number of amides is 2. The van der Waals surface area contributed by atoms with Crippen molar-refractivity contribution in [3.05, 3.63) is 52.5 Å². The van der Waals surface area contributed by atoms with Crippen LogP contribution in [-0.4, -0.2) is 57.0 Å². The largest absolute Gasteiger partial charge is 0.471 e. The molecule has 2 aromatic heterocycles. The third-order valence-electron chi connectivity index (χ3n) is 5.12. The van der Waals surface area contributed by atoms with Crippen LogP contribution in [0.4, 0.5) is 8.78 Å². The number of nitrogens with zero attached hydrogens (tertiary/aromatic N) is 3. The van der Waals surface area contributed by atoms with E-state index in [-0.39, 0.29) is 30.6 Å². The van der Waals surface area contributed by atoms with Crippen molar-refractivity contribution in [2.24, 2.45) is 0 Å². The van der Waals surface area contributed by atoms with Crippen molar-refractivity contribution in [2.45, 2.75) is 52.3 Å². The molecule has 0 aromatic carbocycles. The fourth-order valence-electron chi connectivity index (χ4n) is 3.42. The van der Waals surface area contributed by atoms with Gasteiger partial charge in [0, 0.05) is 42.2 Å². The Morgan fingerprint density at radius 2 is 2.09 bits per heavy atom. The van der Waals surface area contributed by atoms with Gasteiger partial charge in [0.25, 0.3) is 18.2 Å². The fraction of sp³-hybridized carbons (Fsp3) is 0.455. The van der Waals surface area contributed by atoms with Crippen molar-refractivity contribution in [1.82, 2.24) is 20.2 Å². The van der Waals surface area contributed by atoms with E-state index in [0.717, 1.165) is 0 Å². The van der Waals surface area contributed by atoms with Gasteiger partial charge in [-0.2, -0.15) is 0 Å². The maximum absolute atomic E-state index is 13.0. The molecular weight excluding hydrogens is 422 g/mol. The van der Waals surface area contributed by atoms with Gasteiger partial charge in [-0.1, -0.05) is 0 Å². The lowest BCUT2D eigenvalue weighted by Gasteiger charge is -2.25. The maximum Gasteiger partial charge on any atom is 0.272 e. The minimum Gasteiger partial charge on any atom is -0.471 e. The van der Waals surface area contributed by atoms with Crippen LogP contribution in [0.3, 0.4) is 0 Å². The number of nitrogens with one attached hydrogen (secondary N) is 1. The molecule has 0 aliphatic carbocycles. The van der Waals surface area contributed by atoms with E-state index in [2.05, 4.69) is 15.3 Å². The number of carbonyl (C=O) groups is 2. The molecule has 1 aliphatic heterocycles. The van der Waals surface area contributed by atoms with E-state index < -0.39 is 30.6 Å². The Kier molecular flexibility index (Phi) is 6.73. The lowest BCUT2D eigenvalue weighted by atomic mass is 10.1. The number of fused-ring (bicyclic) bond motifs is 1. The summed E-state index contributed by atoms with van der Waals surface area (Å²) in [5.41, 5.74) is 1.24. The zero-order valence-corrected chi connectivity index (χ0v) is 18.4. The van der Waals surface area contributed by atoms with Crippen LogP contribution >= 0.6 is 0 Å². The van der Waals surface area contributed by atoms with Crippen LogP contribution in [-0.2, 0) is 6.54 Å².